The summed E-state index contributed by atoms with van der Waals surface area (Å²) >= 11 is 11.8. The molecule has 24 heavy (non-hydrogen) atoms. The number of carbonyl (C=O) groups is 2. The van der Waals surface area contributed by atoms with Crippen molar-refractivity contribution in [3.8, 4) is 0 Å². The van der Waals surface area contributed by atoms with Crippen LogP contribution in [0.2, 0.25) is 10.0 Å². The van der Waals surface area contributed by atoms with Gasteiger partial charge in [0, 0.05) is 11.8 Å². The molecule has 124 valence electrons. The van der Waals surface area contributed by atoms with Crippen LogP contribution in [-0.2, 0) is 9.53 Å². The van der Waals surface area contributed by atoms with E-state index in [9.17, 15) is 9.59 Å². The third-order valence-electron chi connectivity index (χ3n) is 3.03. The predicted molar refractivity (Wildman–Crippen MR) is 96.5 cm³/mol. The van der Waals surface area contributed by atoms with Gasteiger partial charge in [-0.15, -0.1) is 0 Å². The van der Waals surface area contributed by atoms with Gasteiger partial charge in [0.15, 0.2) is 0 Å². The topological polar surface area (TPSA) is 55.4 Å². The van der Waals surface area contributed by atoms with E-state index in [0.29, 0.717) is 27.9 Å². The molecule has 0 bridgehead atoms. The highest BCUT2D eigenvalue weighted by molar-refractivity contribution is 6.42. The van der Waals surface area contributed by atoms with E-state index in [1.165, 1.54) is 6.08 Å². The molecule has 0 radical (unpaired) electrons. The van der Waals surface area contributed by atoms with Gasteiger partial charge in [0.05, 0.1) is 22.2 Å². The van der Waals surface area contributed by atoms with Crippen molar-refractivity contribution in [3.63, 3.8) is 0 Å². The van der Waals surface area contributed by atoms with Crippen LogP contribution < -0.4 is 5.32 Å². The van der Waals surface area contributed by atoms with Crippen LogP contribution in [0.3, 0.4) is 0 Å². The first-order valence-corrected chi connectivity index (χ1v) is 7.96. The van der Waals surface area contributed by atoms with Crippen LogP contribution >= 0.6 is 23.2 Å². The monoisotopic (exact) mass is 363 g/mol. The zero-order valence-electron chi connectivity index (χ0n) is 12.9. The lowest BCUT2D eigenvalue weighted by Crippen LogP contribution is -2.08. The predicted octanol–water partition coefficient (Wildman–Crippen LogP) is 4.82. The number of esters is 1. The molecule has 0 aliphatic carbocycles. The smallest absolute Gasteiger partial charge is 0.338 e. The van der Waals surface area contributed by atoms with Crippen LogP contribution in [0.25, 0.3) is 6.08 Å². The highest BCUT2D eigenvalue weighted by atomic mass is 35.5. The number of nitrogens with one attached hydrogen (secondary N) is 1. The number of ether oxygens (including phenoxy) is 1. The molecule has 4 nitrogen and oxygen atoms in total. The minimum absolute atomic E-state index is 0.301. The van der Waals surface area contributed by atoms with Crippen molar-refractivity contribution in [2.75, 3.05) is 11.9 Å². The zero-order chi connectivity index (χ0) is 17.5. The number of hydrogen-bond acceptors (Lipinski definition) is 3. The Morgan fingerprint density at radius 3 is 2.42 bits per heavy atom. The third kappa shape index (κ3) is 5.11. The van der Waals surface area contributed by atoms with E-state index < -0.39 is 5.97 Å². The number of benzene rings is 2. The standard InChI is InChI=1S/C18H15Cl2NO3/c1-2-24-18(23)13-5-7-14(8-6-13)21-17(22)10-4-12-3-9-15(19)16(20)11-12/h3-11H,2H2,1H3,(H,21,22). The Morgan fingerprint density at radius 1 is 1.08 bits per heavy atom. The number of amides is 1. The molecule has 2 aromatic carbocycles. The van der Waals surface area contributed by atoms with Crippen LogP contribution in [0.1, 0.15) is 22.8 Å². The van der Waals surface area contributed by atoms with Crippen molar-refractivity contribution < 1.29 is 14.3 Å². The second-order valence-corrected chi connectivity index (χ2v) is 5.61. The third-order valence-corrected chi connectivity index (χ3v) is 3.77. The quantitative estimate of drug-likeness (QED) is 0.611. The van der Waals surface area contributed by atoms with Gasteiger partial charge in [-0.2, -0.15) is 0 Å². The van der Waals surface area contributed by atoms with E-state index in [1.807, 2.05) is 0 Å². The van der Waals surface area contributed by atoms with E-state index in [2.05, 4.69) is 5.32 Å². The number of carbonyl (C=O) groups excluding carboxylic acids is 2. The first kappa shape index (κ1) is 18.0. The fraction of sp³-hybridized carbons (Fsp3) is 0.111. The maximum Gasteiger partial charge on any atom is 0.338 e. The molecular weight excluding hydrogens is 349 g/mol. The largest absolute Gasteiger partial charge is 0.462 e. The van der Waals surface area contributed by atoms with E-state index in [4.69, 9.17) is 27.9 Å². The van der Waals surface area contributed by atoms with Gasteiger partial charge >= 0.3 is 5.97 Å². The van der Waals surface area contributed by atoms with Crippen LogP contribution in [0.4, 0.5) is 5.69 Å². The number of halogens is 2. The summed E-state index contributed by atoms with van der Waals surface area (Å²) in [7, 11) is 0. The van der Waals surface area contributed by atoms with Crippen molar-refractivity contribution in [2.24, 2.45) is 0 Å². The van der Waals surface area contributed by atoms with Crippen molar-refractivity contribution in [1.82, 2.24) is 0 Å². The molecule has 0 heterocycles. The van der Waals surface area contributed by atoms with Crippen molar-refractivity contribution >= 4 is 46.8 Å². The Labute approximate surface area is 150 Å². The Hall–Kier alpha value is -2.30. The van der Waals surface area contributed by atoms with Crippen LogP contribution in [0.15, 0.2) is 48.5 Å². The molecule has 0 spiro atoms. The Morgan fingerprint density at radius 2 is 1.79 bits per heavy atom. The summed E-state index contributed by atoms with van der Waals surface area (Å²) in [5.41, 5.74) is 1.77. The Balaban J connectivity index is 1.97. The van der Waals surface area contributed by atoms with Crippen molar-refractivity contribution in [2.45, 2.75) is 6.92 Å². The molecule has 0 saturated heterocycles. The summed E-state index contributed by atoms with van der Waals surface area (Å²) in [5.74, 6) is -0.695. The molecular formula is C18H15Cl2NO3. The molecule has 2 rings (SSSR count). The van der Waals surface area contributed by atoms with Crippen LogP contribution in [0, 0.1) is 0 Å². The zero-order valence-corrected chi connectivity index (χ0v) is 14.4. The van der Waals surface area contributed by atoms with E-state index in [0.717, 1.165) is 5.56 Å². The normalized spacial score (nSPS) is 10.6. The molecule has 0 aromatic heterocycles. The SMILES string of the molecule is CCOC(=O)c1ccc(NC(=O)C=Cc2ccc(Cl)c(Cl)c2)cc1. The maximum atomic E-state index is 11.9. The summed E-state index contributed by atoms with van der Waals surface area (Å²) in [6.07, 6.45) is 3.02. The lowest BCUT2D eigenvalue weighted by Gasteiger charge is -2.04. The summed E-state index contributed by atoms with van der Waals surface area (Å²) in [5, 5.41) is 3.58. The summed E-state index contributed by atoms with van der Waals surface area (Å²) < 4.78 is 4.90. The Kier molecular flexibility index (Phi) is 6.41. The average Bonchev–Trinajstić information content (AvgIpc) is 2.57. The molecule has 0 aliphatic heterocycles. The molecule has 6 heteroatoms. The molecule has 1 N–H and O–H groups in total. The molecule has 0 atom stereocenters. The molecule has 2 aromatic rings. The second kappa shape index (κ2) is 8.52. The van der Waals surface area contributed by atoms with Crippen LogP contribution in [-0.4, -0.2) is 18.5 Å². The van der Waals surface area contributed by atoms with Gasteiger partial charge < -0.3 is 10.1 Å². The van der Waals surface area contributed by atoms with Crippen LogP contribution in [0.5, 0.6) is 0 Å². The maximum absolute atomic E-state index is 11.9. The van der Waals surface area contributed by atoms with Crippen molar-refractivity contribution in [1.29, 1.82) is 0 Å². The lowest BCUT2D eigenvalue weighted by molar-refractivity contribution is -0.111. The molecule has 1 amide bonds. The minimum atomic E-state index is -0.394. The Bertz CT molecular complexity index is 770. The summed E-state index contributed by atoms with van der Waals surface area (Å²) in [6.45, 7) is 2.06. The van der Waals surface area contributed by atoms with Gasteiger partial charge in [-0.3, -0.25) is 4.79 Å². The highest BCUT2D eigenvalue weighted by Gasteiger charge is 2.06. The summed E-state index contributed by atoms with van der Waals surface area (Å²) in [4.78, 5) is 23.5. The number of rotatable bonds is 5. The van der Waals surface area contributed by atoms with Gasteiger partial charge in [-0.25, -0.2) is 4.79 Å². The number of hydrogen-bond donors (Lipinski definition) is 1. The number of anilines is 1. The van der Waals surface area contributed by atoms with Gasteiger partial charge in [0.1, 0.15) is 0 Å². The minimum Gasteiger partial charge on any atom is -0.462 e. The van der Waals surface area contributed by atoms with E-state index >= 15 is 0 Å². The van der Waals surface area contributed by atoms with Crippen molar-refractivity contribution in [3.05, 3.63) is 69.7 Å². The average molecular weight is 364 g/mol. The lowest BCUT2D eigenvalue weighted by atomic mass is 10.2. The van der Waals surface area contributed by atoms with Gasteiger partial charge in [0.2, 0.25) is 5.91 Å². The molecule has 0 fully saturated rings. The molecule has 0 saturated carbocycles. The van der Waals surface area contributed by atoms with E-state index in [1.54, 1.807) is 55.5 Å². The molecule has 0 aliphatic rings. The summed E-state index contributed by atoms with van der Waals surface area (Å²) in [6, 6.07) is 11.5. The molecule has 0 unspecified atom stereocenters. The fourth-order valence-corrected chi connectivity index (χ4v) is 2.18. The van der Waals surface area contributed by atoms with Gasteiger partial charge in [0.25, 0.3) is 0 Å². The highest BCUT2D eigenvalue weighted by Crippen LogP contribution is 2.23. The first-order chi connectivity index (χ1) is 11.5. The second-order valence-electron chi connectivity index (χ2n) is 4.79. The van der Waals surface area contributed by atoms with Gasteiger partial charge in [-0.1, -0.05) is 29.3 Å². The van der Waals surface area contributed by atoms with E-state index in [-0.39, 0.29) is 5.91 Å². The fourth-order valence-electron chi connectivity index (χ4n) is 1.88. The van der Waals surface area contributed by atoms with Gasteiger partial charge in [-0.05, 0) is 55.0 Å². The first-order valence-electron chi connectivity index (χ1n) is 7.21.